The van der Waals surface area contributed by atoms with Crippen molar-refractivity contribution >= 4 is 5.90 Å². The average molecular weight is 169 g/mol. The van der Waals surface area contributed by atoms with E-state index in [1.807, 2.05) is 6.92 Å². The Hall–Kier alpha value is -1.03. The van der Waals surface area contributed by atoms with Crippen LogP contribution < -0.4 is 11.5 Å². The number of aliphatic imine (C=N–C) groups is 1. The van der Waals surface area contributed by atoms with Gasteiger partial charge in [-0.05, 0) is 6.42 Å². The van der Waals surface area contributed by atoms with E-state index in [1.165, 1.54) is 6.20 Å². The van der Waals surface area contributed by atoms with E-state index < -0.39 is 0 Å². The second-order valence-corrected chi connectivity index (χ2v) is 2.76. The maximum Gasteiger partial charge on any atom is 0.213 e. The highest BCUT2D eigenvalue weighted by atomic mass is 16.5. The minimum Gasteiger partial charge on any atom is -0.476 e. The van der Waals surface area contributed by atoms with Crippen molar-refractivity contribution in [2.24, 2.45) is 16.5 Å². The molecule has 12 heavy (non-hydrogen) atoms. The van der Waals surface area contributed by atoms with Crippen LogP contribution in [0.3, 0.4) is 0 Å². The smallest absolute Gasteiger partial charge is 0.213 e. The topological polar surface area (TPSA) is 73.6 Å². The second-order valence-electron chi connectivity index (χ2n) is 2.76. The number of hydrogen-bond donors (Lipinski definition) is 2. The molecule has 4 nitrogen and oxygen atoms in total. The Bertz CT molecular complexity index is 210. The predicted octanol–water partition coefficient (Wildman–Crippen LogP) is -0.00500. The third kappa shape index (κ3) is 1.98. The molecule has 1 heterocycles. The zero-order valence-electron chi connectivity index (χ0n) is 7.29. The highest BCUT2D eigenvalue weighted by molar-refractivity contribution is 5.93. The average Bonchev–Trinajstić information content (AvgIpc) is 2.10. The SMILES string of the molecule is CC/C(=C/N)C1=NCC(N)CO1. The Balaban J connectivity index is 2.64. The number of nitrogens with zero attached hydrogens (tertiary/aromatic N) is 1. The molecule has 0 saturated carbocycles. The van der Waals surface area contributed by atoms with Crippen molar-refractivity contribution in [2.75, 3.05) is 13.2 Å². The van der Waals surface area contributed by atoms with Crippen molar-refractivity contribution in [3.05, 3.63) is 11.8 Å². The number of ether oxygens (including phenoxy) is 1. The lowest BCUT2D eigenvalue weighted by Crippen LogP contribution is -2.35. The molecular weight excluding hydrogens is 154 g/mol. The van der Waals surface area contributed by atoms with Crippen LogP contribution >= 0.6 is 0 Å². The summed E-state index contributed by atoms with van der Waals surface area (Å²) in [6.07, 6.45) is 2.38. The fraction of sp³-hybridized carbons (Fsp3) is 0.625. The molecule has 4 N–H and O–H groups in total. The van der Waals surface area contributed by atoms with Gasteiger partial charge in [-0.15, -0.1) is 0 Å². The molecule has 1 unspecified atom stereocenters. The molecule has 1 aliphatic rings. The first kappa shape index (κ1) is 9.06. The van der Waals surface area contributed by atoms with Crippen LogP contribution in [0.15, 0.2) is 16.8 Å². The van der Waals surface area contributed by atoms with Gasteiger partial charge in [0.15, 0.2) is 0 Å². The van der Waals surface area contributed by atoms with Gasteiger partial charge in [0.2, 0.25) is 5.90 Å². The summed E-state index contributed by atoms with van der Waals surface area (Å²) in [4.78, 5) is 4.17. The van der Waals surface area contributed by atoms with Gasteiger partial charge in [0.25, 0.3) is 0 Å². The molecule has 0 aromatic heterocycles. The molecule has 0 radical (unpaired) electrons. The highest BCUT2D eigenvalue weighted by Gasteiger charge is 2.14. The first-order valence-corrected chi connectivity index (χ1v) is 4.12. The number of hydrogen-bond acceptors (Lipinski definition) is 4. The van der Waals surface area contributed by atoms with Gasteiger partial charge in [-0.25, -0.2) is 4.99 Å². The van der Waals surface area contributed by atoms with Crippen LogP contribution in [-0.4, -0.2) is 25.1 Å². The molecular formula is C8H15N3O. The van der Waals surface area contributed by atoms with Gasteiger partial charge >= 0.3 is 0 Å². The Morgan fingerprint density at radius 2 is 2.58 bits per heavy atom. The lowest BCUT2D eigenvalue weighted by atomic mass is 10.2. The molecule has 0 spiro atoms. The minimum absolute atomic E-state index is 0.0321. The van der Waals surface area contributed by atoms with Crippen LogP contribution in [0.25, 0.3) is 0 Å². The van der Waals surface area contributed by atoms with E-state index in [0.717, 1.165) is 12.0 Å². The normalized spacial score (nSPS) is 24.7. The maximum atomic E-state index is 5.60. The molecule has 1 rings (SSSR count). The van der Waals surface area contributed by atoms with Crippen LogP contribution in [0.5, 0.6) is 0 Å². The fourth-order valence-electron chi connectivity index (χ4n) is 1.02. The summed E-state index contributed by atoms with van der Waals surface area (Å²) in [5, 5.41) is 0. The Kier molecular flexibility index (Phi) is 3.10. The maximum absolute atomic E-state index is 5.60. The molecule has 0 aliphatic carbocycles. The summed E-state index contributed by atoms with van der Waals surface area (Å²) >= 11 is 0. The Labute approximate surface area is 72.3 Å². The van der Waals surface area contributed by atoms with Crippen molar-refractivity contribution < 1.29 is 4.74 Å². The summed E-state index contributed by atoms with van der Waals surface area (Å²) < 4.78 is 5.31. The van der Waals surface area contributed by atoms with E-state index in [1.54, 1.807) is 0 Å². The molecule has 0 aromatic rings. The van der Waals surface area contributed by atoms with Gasteiger partial charge < -0.3 is 16.2 Å². The standard InChI is InChI=1S/C8H15N3O/c1-2-6(3-9)8-11-4-7(10)5-12-8/h3,7H,2,4-5,9-10H2,1H3/b6-3-. The van der Waals surface area contributed by atoms with E-state index in [-0.39, 0.29) is 6.04 Å². The van der Waals surface area contributed by atoms with Crippen LogP contribution in [0.1, 0.15) is 13.3 Å². The Morgan fingerprint density at radius 3 is 3.00 bits per heavy atom. The third-order valence-electron chi connectivity index (χ3n) is 1.76. The van der Waals surface area contributed by atoms with E-state index in [9.17, 15) is 0 Å². The van der Waals surface area contributed by atoms with E-state index in [4.69, 9.17) is 16.2 Å². The summed E-state index contributed by atoms with van der Waals surface area (Å²) in [7, 11) is 0. The number of rotatable bonds is 2. The summed E-state index contributed by atoms with van der Waals surface area (Å²) in [5.74, 6) is 0.654. The van der Waals surface area contributed by atoms with Gasteiger partial charge in [0.05, 0.1) is 12.6 Å². The van der Waals surface area contributed by atoms with Crippen molar-refractivity contribution in [3.8, 4) is 0 Å². The predicted molar refractivity (Wildman–Crippen MR) is 48.8 cm³/mol. The summed E-state index contributed by atoms with van der Waals surface area (Å²) in [6.45, 7) is 3.18. The summed E-state index contributed by atoms with van der Waals surface area (Å²) in [5.41, 5.74) is 11.9. The van der Waals surface area contributed by atoms with Crippen molar-refractivity contribution in [1.29, 1.82) is 0 Å². The zero-order valence-corrected chi connectivity index (χ0v) is 7.29. The van der Waals surface area contributed by atoms with Crippen molar-refractivity contribution in [1.82, 2.24) is 0 Å². The zero-order chi connectivity index (χ0) is 8.97. The number of nitrogens with two attached hydrogens (primary N) is 2. The molecule has 1 aliphatic heterocycles. The molecule has 4 heteroatoms. The molecule has 0 fully saturated rings. The summed E-state index contributed by atoms with van der Waals surface area (Å²) in [6, 6.07) is 0.0321. The highest BCUT2D eigenvalue weighted by Crippen LogP contribution is 2.07. The van der Waals surface area contributed by atoms with Crippen molar-refractivity contribution in [3.63, 3.8) is 0 Å². The van der Waals surface area contributed by atoms with Gasteiger partial charge in [0, 0.05) is 11.8 Å². The molecule has 0 amide bonds. The molecule has 0 aromatic carbocycles. The third-order valence-corrected chi connectivity index (χ3v) is 1.76. The Morgan fingerprint density at radius 1 is 1.83 bits per heavy atom. The van der Waals surface area contributed by atoms with Crippen LogP contribution in [0.2, 0.25) is 0 Å². The molecule has 0 saturated heterocycles. The van der Waals surface area contributed by atoms with E-state index >= 15 is 0 Å². The van der Waals surface area contributed by atoms with Gasteiger partial charge in [-0.2, -0.15) is 0 Å². The lowest BCUT2D eigenvalue weighted by molar-refractivity contribution is 0.259. The first-order valence-electron chi connectivity index (χ1n) is 4.12. The van der Waals surface area contributed by atoms with E-state index in [0.29, 0.717) is 19.0 Å². The minimum atomic E-state index is 0.0321. The lowest BCUT2D eigenvalue weighted by Gasteiger charge is -2.19. The molecule has 0 bridgehead atoms. The largest absolute Gasteiger partial charge is 0.476 e. The van der Waals surface area contributed by atoms with Gasteiger partial charge in [0.1, 0.15) is 6.61 Å². The van der Waals surface area contributed by atoms with Gasteiger partial charge in [-0.3, -0.25) is 0 Å². The van der Waals surface area contributed by atoms with Gasteiger partial charge in [-0.1, -0.05) is 6.92 Å². The van der Waals surface area contributed by atoms with Crippen LogP contribution in [0.4, 0.5) is 0 Å². The fourth-order valence-corrected chi connectivity index (χ4v) is 1.02. The van der Waals surface area contributed by atoms with E-state index in [2.05, 4.69) is 4.99 Å². The van der Waals surface area contributed by atoms with Crippen LogP contribution in [0, 0.1) is 0 Å². The quantitative estimate of drug-likeness (QED) is 0.610. The first-order chi connectivity index (χ1) is 5.77. The van der Waals surface area contributed by atoms with Crippen LogP contribution in [-0.2, 0) is 4.74 Å². The monoisotopic (exact) mass is 169 g/mol. The molecule has 1 atom stereocenters. The second kappa shape index (κ2) is 4.11. The van der Waals surface area contributed by atoms with Crippen molar-refractivity contribution in [2.45, 2.75) is 19.4 Å². The molecule has 68 valence electrons.